The van der Waals surface area contributed by atoms with Crippen LogP contribution in [-0.4, -0.2) is 55.1 Å². The summed E-state index contributed by atoms with van der Waals surface area (Å²) in [6.45, 7) is 8.40. The third-order valence-electron chi connectivity index (χ3n) is 4.21. The van der Waals surface area contributed by atoms with Crippen molar-refractivity contribution in [2.24, 2.45) is 0 Å². The van der Waals surface area contributed by atoms with Crippen LogP contribution in [0.15, 0.2) is 30.3 Å². The van der Waals surface area contributed by atoms with Crippen molar-refractivity contribution in [2.75, 3.05) is 39.3 Å². The molecule has 1 aromatic rings. The van der Waals surface area contributed by atoms with Crippen molar-refractivity contribution in [3.05, 3.63) is 35.9 Å². The molecule has 3 heteroatoms. The molecule has 1 aromatic carbocycles. The molecule has 0 bridgehead atoms. The molecule has 18 heavy (non-hydrogen) atoms. The van der Waals surface area contributed by atoms with Gasteiger partial charge >= 0.3 is 0 Å². The molecular weight excluding hydrogens is 222 g/mol. The van der Waals surface area contributed by atoms with Crippen LogP contribution >= 0.6 is 0 Å². The standard InChI is InChI=1S/C15H23N3/c1-2-4-14(5-3-1)13-17-8-10-18(11-9-17)15-6-7-16-12-15/h1-5,15-16H,6-13H2. The Bertz CT molecular complexity index is 351. The molecule has 2 aliphatic heterocycles. The van der Waals surface area contributed by atoms with Crippen LogP contribution in [0.5, 0.6) is 0 Å². The number of nitrogens with one attached hydrogen (secondary N) is 1. The predicted octanol–water partition coefficient (Wildman–Crippen LogP) is 1.17. The molecule has 1 N–H and O–H groups in total. The summed E-state index contributed by atoms with van der Waals surface area (Å²) in [4.78, 5) is 5.25. The number of hydrogen-bond donors (Lipinski definition) is 1. The molecule has 0 aliphatic carbocycles. The maximum atomic E-state index is 3.47. The zero-order chi connectivity index (χ0) is 12.2. The minimum Gasteiger partial charge on any atom is -0.315 e. The summed E-state index contributed by atoms with van der Waals surface area (Å²) >= 11 is 0. The lowest BCUT2D eigenvalue weighted by Gasteiger charge is -2.37. The van der Waals surface area contributed by atoms with Gasteiger partial charge in [0.05, 0.1) is 0 Å². The first kappa shape index (κ1) is 12.2. The molecule has 0 spiro atoms. The maximum Gasteiger partial charge on any atom is 0.0234 e. The molecule has 2 heterocycles. The molecule has 2 fully saturated rings. The van der Waals surface area contributed by atoms with Crippen molar-refractivity contribution >= 4 is 0 Å². The highest BCUT2D eigenvalue weighted by molar-refractivity contribution is 5.14. The number of nitrogens with zero attached hydrogens (tertiary/aromatic N) is 2. The topological polar surface area (TPSA) is 18.5 Å². The number of rotatable bonds is 3. The van der Waals surface area contributed by atoms with Gasteiger partial charge in [0.2, 0.25) is 0 Å². The molecule has 0 saturated carbocycles. The highest BCUT2D eigenvalue weighted by Gasteiger charge is 2.25. The van der Waals surface area contributed by atoms with E-state index in [0.717, 1.165) is 12.6 Å². The van der Waals surface area contributed by atoms with Gasteiger partial charge in [-0.3, -0.25) is 9.80 Å². The van der Waals surface area contributed by atoms with Crippen LogP contribution in [0.25, 0.3) is 0 Å². The van der Waals surface area contributed by atoms with E-state index >= 15 is 0 Å². The molecule has 1 atom stereocenters. The summed E-state index contributed by atoms with van der Waals surface area (Å²) in [5.74, 6) is 0. The molecule has 3 rings (SSSR count). The summed E-state index contributed by atoms with van der Waals surface area (Å²) in [5.41, 5.74) is 1.44. The minimum atomic E-state index is 0.795. The van der Waals surface area contributed by atoms with Gasteiger partial charge in [-0.15, -0.1) is 0 Å². The monoisotopic (exact) mass is 245 g/mol. The van der Waals surface area contributed by atoms with E-state index in [9.17, 15) is 0 Å². The molecule has 2 aliphatic rings. The first-order chi connectivity index (χ1) is 8.92. The molecular formula is C15H23N3. The van der Waals surface area contributed by atoms with E-state index in [1.165, 1.54) is 51.3 Å². The van der Waals surface area contributed by atoms with E-state index in [-0.39, 0.29) is 0 Å². The fourth-order valence-corrected chi connectivity index (χ4v) is 3.08. The van der Waals surface area contributed by atoms with Gasteiger partial charge in [-0.2, -0.15) is 0 Å². The number of benzene rings is 1. The van der Waals surface area contributed by atoms with Crippen molar-refractivity contribution in [2.45, 2.75) is 19.0 Å². The van der Waals surface area contributed by atoms with Crippen LogP contribution in [0.2, 0.25) is 0 Å². The Morgan fingerprint density at radius 3 is 2.50 bits per heavy atom. The summed E-state index contributed by atoms with van der Waals surface area (Å²) in [5, 5.41) is 3.47. The van der Waals surface area contributed by atoms with Crippen LogP contribution in [0.1, 0.15) is 12.0 Å². The number of piperazine rings is 1. The smallest absolute Gasteiger partial charge is 0.0234 e. The van der Waals surface area contributed by atoms with Crippen molar-refractivity contribution in [3.8, 4) is 0 Å². The SMILES string of the molecule is c1ccc(CN2CCN(C3CCNC3)CC2)cc1. The minimum absolute atomic E-state index is 0.795. The van der Waals surface area contributed by atoms with Gasteiger partial charge in [-0.1, -0.05) is 30.3 Å². The second-order valence-electron chi connectivity index (χ2n) is 5.44. The van der Waals surface area contributed by atoms with E-state index in [1.54, 1.807) is 0 Å². The first-order valence-electron chi connectivity index (χ1n) is 7.13. The van der Waals surface area contributed by atoms with Crippen molar-refractivity contribution in [1.29, 1.82) is 0 Å². The van der Waals surface area contributed by atoms with Crippen LogP contribution in [0.4, 0.5) is 0 Å². The predicted molar refractivity (Wildman–Crippen MR) is 74.6 cm³/mol. The summed E-state index contributed by atoms with van der Waals surface area (Å²) < 4.78 is 0. The van der Waals surface area contributed by atoms with E-state index < -0.39 is 0 Å². The van der Waals surface area contributed by atoms with Crippen LogP contribution in [0.3, 0.4) is 0 Å². The Balaban J connectivity index is 1.48. The maximum absolute atomic E-state index is 3.47. The molecule has 0 amide bonds. The van der Waals surface area contributed by atoms with Gasteiger partial charge in [-0.05, 0) is 18.5 Å². The van der Waals surface area contributed by atoms with Gasteiger partial charge in [0.25, 0.3) is 0 Å². The van der Waals surface area contributed by atoms with Gasteiger partial charge in [0.15, 0.2) is 0 Å². The van der Waals surface area contributed by atoms with Crippen LogP contribution < -0.4 is 5.32 Å². The van der Waals surface area contributed by atoms with Crippen LogP contribution in [-0.2, 0) is 6.54 Å². The van der Waals surface area contributed by atoms with E-state index in [4.69, 9.17) is 0 Å². The average molecular weight is 245 g/mol. The Morgan fingerprint density at radius 1 is 1.06 bits per heavy atom. The summed E-state index contributed by atoms with van der Waals surface area (Å²) in [6.07, 6.45) is 1.33. The Hall–Kier alpha value is -0.900. The highest BCUT2D eigenvalue weighted by atomic mass is 15.3. The van der Waals surface area contributed by atoms with Crippen molar-refractivity contribution in [3.63, 3.8) is 0 Å². The number of hydrogen-bond acceptors (Lipinski definition) is 3. The third kappa shape index (κ3) is 2.91. The molecule has 1 unspecified atom stereocenters. The molecule has 3 nitrogen and oxygen atoms in total. The Kier molecular flexibility index (Phi) is 3.93. The quantitative estimate of drug-likeness (QED) is 0.862. The van der Waals surface area contributed by atoms with Crippen molar-refractivity contribution in [1.82, 2.24) is 15.1 Å². The summed E-state index contributed by atoms with van der Waals surface area (Å²) in [6, 6.07) is 11.6. The average Bonchev–Trinajstić information content (AvgIpc) is 2.95. The Morgan fingerprint density at radius 2 is 1.83 bits per heavy atom. The fourth-order valence-electron chi connectivity index (χ4n) is 3.08. The molecule has 2 saturated heterocycles. The van der Waals surface area contributed by atoms with E-state index in [0.29, 0.717) is 0 Å². The first-order valence-corrected chi connectivity index (χ1v) is 7.13. The zero-order valence-corrected chi connectivity index (χ0v) is 11.0. The van der Waals surface area contributed by atoms with Gasteiger partial charge in [0, 0.05) is 45.3 Å². The van der Waals surface area contributed by atoms with Gasteiger partial charge < -0.3 is 5.32 Å². The molecule has 98 valence electrons. The van der Waals surface area contributed by atoms with E-state index in [2.05, 4.69) is 45.4 Å². The van der Waals surface area contributed by atoms with Crippen molar-refractivity contribution < 1.29 is 0 Å². The fraction of sp³-hybridized carbons (Fsp3) is 0.600. The largest absolute Gasteiger partial charge is 0.315 e. The lowest BCUT2D eigenvalue weighted by molar-refractivity contribution is 0.0981. The van der Waals surface area contributed by atoms with E-state index in [1.807, 2.05) is 0 Å². The highest BCUT2D eigenvalue weighted by Crippen LogP contribution is 2.13. The molecule has 0 aromatic heterocycles. The Labute approximate surface area is 110 Å². The van der Waals surface area contributed by atoms with Gasteiger partial charge in [0.1, 0.15) is 0 Å². The second kappa shape index (κ2) is 5.83. The lowest BCUT2D eigenvalue weighted by atomic mass is 10.1. The normalized spacial score (nSPS) is 26.6. The second-order valence-corrected chi connectivity index (χ2v) is 5.44. The third-order valence-corrected chi connectivity index (χ3v) is 4.21. The zero-order valence-electron chi connectivity index (χ0n) is 11.0. The lowest BCUT2D eigenvalue weighted by Crippen LogP contribution is -2.50. The summed E-state index contributed by atoms with van der Waals surface area (Å²) in [7, 11) is 0. The van der Waals surface area contributed by atoms with Crippen LogP contribution in [0, 0.1) is 0 Å². The van der Waals surface area contributed by atoms with Gasteiger partial charge in [-0.25, -0.2) is 0 Å². The molecule has 0 radical (unpaired) electrons.